The van der Waals surface area contributed by atoms with Gasteiger partial charge in [0, 0.05) is 33.9 Å². The summed E-state index contributed by atoms with van der Waals surface area (Å²) in [5, 5.41) is 11.1. The van der Waals surface area contributed by atoms with Crippen molar-refractivity contribution in [3.63, 3.8) is 0 Å². The second kappa shape index (κ2) is 11.5. The average Bonchev–Trinajstić information content (AvgIpc) is 3.53. The van der Waals surface area contributed by atoms with Crippen molar-refractivity contribution in [2.75, 3.05) is 14.2 Å². The molecular weight excluding hydrogens is 568 g/mol. The van der Waals surface area contributed by atoms with Crippen LogP contribution >= 0.6 is 11.6 Å². The van der Waals surface area contributed by atoms with Gasteiger partial charge in [-0.3, -0.25) is 4.79 Å². The van der Waals surface area contributed by atoms with Crippen molar-refractivity contribution >= 4 is 45.5 Å². The van der Waals surface area contributed by atoms with E-state index in [4.69, 9.17) is 30.8 Å². The van der Waals surface area contributed by atoms with Crippen LogP contribution in [0.2, 0.25) is 5.02 Å². The number of amides is 1. The summed E-state index contributed by atoms with van der Waals surface area (Å²) in [5.74, 6) is 1.71. The summed E-state index contributed by atoms with van der Waals surface area (Å²) in [6.07, 6.45) is 1.50. The van der Waals surface area contributed by atoms with Gasteiger partial charge in [-0.15, -0.1) is 0 Å². The Morgan fingerprint density at radius 2 is 1.77 bits per heavy atom. The Morgan fingerprint density at radius 1 is 1.00 bits per heavy atom. The number of aryl methyl sites for hydroxylation is 2. The van der Waals surface area contributed by atoms with Crippen molar-refractivity contribution < 1.29 is 19.0 Å². The standard InChI is InChI=1S/C32H27ClN6O4/c1-18-24(32(39(2)38-18)43-21-12-10-20(33)11-13-21)17-34-37-31(40)26-16-23-22-7-5-6-8-25(22)35-30(23)29(36-26)19-9-14-27(41-3)28(15-19)42-4/h5-17,35H,1-4H3,(H,37,40)/b34-17+. The number of rotatable bonds is 8. The van der Waals surface area contributed by atoms with Gasteiger partial charge in [-0.05, 0) is 61.5 Å². The number of methoxy groups -OCH3 is 2. The molecule has 0 radical (unpaired) electrons. The van der Waals surface area contributed by atoms with Crippen molar-refractivity contribution in [1.29, 1.82) is 0 Å². The van der Waals surface area contributed by atoms with Gasteiger partial charge in [0.15, 0.2) is 11.5 Å². The zero-order chi connectivity index (χ0) is 30.1. The topological polar surface area (TPSA) is 116 Å². The summed E-state index contributed by atoms with van der Waals surface area (Å²) >= 11 is 6.00. The number of aromatic amines is 1. The van der Waals surface area contributed by atoms with E-state index in [0.717, 1.165) is 27.4 Å². The number of hydrogen-bond acceptors (Lipinski definition) is 7. The van der Waals surface area contributed by atoms with E-state index in [0.29, 0.717) is 45.1 Å². The molecule has 6 aromatic rings. The number of fused-ring (bicyclic) bond motifs is 3. The van der Waals surface area contributed by atoms with Crippen LogP contribution in [-0.4, -0.2) is 46.1 Å². The lowest BCUT2D eigenvalue weighted by Gasteiger charge is -2.11. The number of aromatic nitrogens is 4. The van der Waals surface area contributed by atoms with E-state index in [1.165, 1.54) is 6.21 Å². The molecule has 10 nitrogen and oxygen atoms in total. The smallest absolute Gasteiger partial charge is 0.289 e. The second-order valence-electron chi connectivity index (χ2n) is 9.70. The van der Waals surface area contributed by atoms with Crippen molar-refractivity contribution in [2.45, 2.75) is 6.92 Å². The molecule has 3 aromatic carbocycles. The maximum atomic E-state index is 13.4. The van der Waals surface area contributed by atoms with Crippen LogP contribution in [-0.2, 0) is 7.05 Å². The highest BCUT2D eigenvalue weighted by Crippen LogP contribution is 2.37. The number of hydrogen-bond donors (Lipinski definition) is 2. The van der Waals surface area contributed by atoms with Crippen LogP contribution < -0.4 is 19.6 Å². The summed E-state index contributed by atoms with van der Waals surface area (Å²) in [5.41, 5.74) is 7.16. The van der Waals surface area contributed by atoms with Crippen molar-refractivity contribution in [3.05, 3.63) is 94.8 Å². The number of nitrogens with one attached hydrogen (secondary N) is 2. The lowest BCUT2D eigenvalue weighted by Crippen LogP contribution is -2.19. The zero-order valence-corrected chi connectivity index (χ0v) is 24.6. The number of ether oxygens (including phenoxy) is 3. The van der Waals surface area contributed by atoms with Crippen molar-refractivity contribution in [2.24, 2.45) is 12.1 Å². The number of nitrogens with zero attached hydrogens (tertiary/aromatic N) is 4. The first-order valence-corrected chi connectivity index (χ1v) is 13.7. The molecule has 0 aliphatic carbocycles. The molecule has 0 bridgehead atoms. The molecule has 3 heterocycles. The highest BCUT2D eigenvalue weighted by atomic mass is 35.5. The van der Waals surface area contributed by atoms with Gasteiger partial charge in [0.2, 0.25) is 5.88 Å². The third-order valence-electron chi connectivity index (χ3n) is 6.99. The van der Waals surface area contributed by atoms with E-state index in [1.54, 1.807) is 62.3 Å². The van der Waals surface area contributed by atoms with Gasteiger partial charge in [0.1, 0.15) is 11.4 Å². The quantitative estimate of drug-likeness (QED) is 0.150. The van der Waals surface area contributed by atoms with E-state index in [9.17, 15) is 4.79 Å². The van der Waals surface area contributed by atoms with E-state index in [2.05, 4.69) is 20.6 Å². The van der Waals surface area contributed by atoms with Gasteiger partial charge in [-0.25, -0.2) is 15.1 Å². The van der Waals surface area contributed by atoms with Crippen molar-refractivity contribution in [3.8, 4) is 34.4 Å². The normalized spacial score (nSPS) is 11.4. The van der Waals surface area contributed by atoms with Gasteiger partial charge in [0.05, 0.1) is 42.9 Å². The molecule has 1 amide bonds. The zero-order valence-electron chi connectivity index (χ0n) is 23.8. The Balaban J connectivity index is 1.35. The first kappa shape index (κ1) is 27.8. The fourth-order valence-electron chi connectivity index (χ4n) is 4.90. The average molecular weight is 595 g/mol. The molecule has 0 fully saturated rings. The van der Waals surface area contributed by atoms with Crippen LogP contribution in [0.1, 0.15) is 21.7 Å². The predicted octanol–water partition coefficient (Wildman–Crippen LogP) is 6.65. The highest BCUT2D eigenvalue weighted by Gasteiger charge is 2.19. The van der Waals surface area contributed by atoms with Gasteiger partial charge < -0.3 is 19.2 Å². The third kappa shape index (κ3) is 5.35. The third-order valence-corrected chi connectivity index (χ3v) is 7.24. The largest absolute Gasteiger partial charge is 0.493 e. The molecule has 216 valence electrons. The molecule has 0 unspecified atom stereocenters. The van der Waals surface area contributed by atoms with E-state index in [-0.39, 0.29) is 5.69 Å². The van der Waals surface area contributed by atoms with Gasteiger partial charge in [-0.2, -0.15) is 10.2 Å². The summed E-state index contributed by atoms with van der Waals surface area (Å²) in [6, 6.07) is 22.2. The minimum atomic E-state index is -0.480. The summed E-state index contributed by atoms with van der Waals surface area (Å²) in [4.78, 5) is 21.6. The number of H-pyrrole nitrogens is 1. The number of benzene rings is 3. The lowest BCUT2D eigenvalue weighted by molar-refractivity contribution is 0.0950. The second-order valence-corrected chi connectivity index (χ2v) is 10.1. The van der Waals surface area contributed by atoms with Crippen LogP contribution in [0.3, 0.4) is 0 Å². The van der Waals surface area contributed by atoms with Gasteiger partial charge >= 0.3 is 0 Å². The van der Waals surface area contributed by atoms with Crippen LogP contribution in [0, 0.1) is 6.92 Å². The van der Waals surface area contributed by atoms with E-state index in [1.807, 2.05) is 43.3 Å². The molecule has 0 saturated heterocycles. The number of para-hydroxylation sites is 1. The van der Waals surface area contributed by atoms with Gasteiger partial charge in [-0.1, -0.05) is 29.8 Å². The molecule has 6 rings (SSSR count). The Kier molecular flexibility index (Phi) is 7.43. The minimum absolute atomic E-state index is 0.194. The summed E-state index contributed by atoms with van der Waals surface area (Å²) in [6.45, 7) is 1.83. The Hall–Kier alpha value is -5.35. The summed E-state index contributed by atoms with van der Waals surface area (Å²) in [7, 11) is 4.92. The maximum Gasteiger partial charge on any atom is 0.289 e. The molecule has 0 saturated carbocycles. The number of hydrazone groups is 1. The molecule has 11 heteroatoms. The monoisotopic (exact) mass is 594 g/mol. The fourth-order valence-corrected chi connectivity index (χ4v) is 5.03. The number of halogens is 1. The molecule has 3 aromatic heterocycles. The Labute approximate surface area is 251 Å². The number of carbonyl (C=O) groups is 1. The molecule has 0 aliphatic rings. The Bertz CT molecular complexity index is 2010. The number of carbonyl (C=O) groups excluding carboxylic acids is 1. The maximum absolute atomic E-state index is 13.4. The Morgan fingerprint density at radius 3 is 2.53 bits per heavy atom. The number of pyridine rings is 1. The SMILES string of the molecule is COc1ccc(-c2nc(C(=O)N/N=C/c3c(C)nn(C)c3Oc3ccc(Cl)cc3)cc3c2[nH]c2ccccc23)cc1OC. The lowest BCUT2D eigenvalue weighted by atomic mass is 10.1. The van der Waals surface area contributed by atoms with Crippen molar-refractivity contribution in [1.82, 2.24) is 25.2 Å². The fraction of sp³-hybridized carbons (Fsp3) is 0.125. The molecular formula is C32H27ClN6O4. The van der Waals surface area contributed by atoms with E-state index < -0.39 is 5.91 Å². The molecule has 2 N–H and O–H groups in total. The molecule has 0 spiro atoms. The van der Waals surface area contributed by atoms with Crippen LogP contribution in [0.5, 0.6) is 23.1 Å². The van der Waals surface area contributed by atoms with Gasteiger partial charge in [0.25, 0.3) is 5.91 Å². The first-order chi connectivity index (χ1) is 20.9. The predicted molar refractivity (Wildman–Crippen MR) is 167 cm³/mol. The molecule has 0 aliphatic heterocycles. The van der Waals surface area contributed by atoms with Crippen LogP contribution in [0.4, 0.5) is 0 Å². The molecule has 43 heavy (non-hydrogen) atoms. The first-order valence-electron chi connectivity index (χ1n) is 13.3. The van der Waals surface area contributed by atoms with Crippen LogP contribution in [0.15, 0.2) is 77.9 Å². The van der Waals surface area contributed by atoms with E-state index >= 15 is 0 Å². The van der Waals surface area contributed by atoms with Crippen LogP contribution in [0.25, 0.3) is 33.1 Å². The highest BCUT2D eigenvalue weighted by molar-refractivity contribution is 6.30. The molecule has 0 atom stereocenters. The summed E-state index contributed by atoms with van der Waals surface area (Å²) < 4.78 is 18.6. The minimum Gasteiger partial charge on any atom is -0.493 e.